The number of hydrogen-bond donors (Lipinski definition) is 3. The zero-order valence-electron chi connectivity index (χ0n) is 16.0. The first-order chi connectivity index (χ1) is 13.5. The number of hydrogen-bond acceptors (Lipinski definition) is 5. The van der Waals surface area contributed by atoms with Crippen molar-refractivity contribution in [3.8, 4) is 6.07 Å². The van der Waals surface area contributed by atoms with Crippen LogP contribution in [-0.4, -0.2) is 48.5 Å². The van der Waals surface area contributed by atoms with Crippen LogP contribution in [-0.2, 0) is 4.79 Å². The van der Waals surface area contributed by atoms with Crippen LogP contribution in [0.2, 0.25) is 0 Å². The van der Waals surface area contributed by atoms with Crippen molar-refractivity contribution in [2.45, 2.75) is 25.9 Å². The molecular formula is C22H25N3O3. The van der Waals surface area contributed by atoms with Gasteiger partial charge in [0.05, 0.1) is 12.7 Å². The predicted molar refractivity (Wildman–Crippen MR) is 110 cm³/mol. The standard InChI is InChI=1S/C22H25N3O3/c1-15(21(12-23)22(28)24-13-20(27)14-26)16-4-5-18-11-19(7-6-17(18)10-16)25-8-2-3-9-25/h4-7,10-11,20,26-27H,2-3,8-9,13-14H2,1H3,(H,24,28)/b21-15+. The van der Waals surface area contributed by atoms with Gasteiger partial charge >= 0.3 is 0 Å². The Hall–Kier alpha value is -2.88. The largest absolute Gasteiger partial charge is 0.394 e. The fourth-order valence-electron chi connectivity index (χ4n) is 3.45. The van der Waals surface area contributed by atoms with Crippen molar-refractivity contribution in [2.75, 3.05) is 31.1 Å². The molecule has 0 aromatic heterocycles. The molecule has 2 aromatic rings. The lowest BCUT2D eigenvalue weighted by Gasteiger charge is -2.18. The van der Waals surface area contributed by atoms with E-state index in [9.17, 15) is 15.2 Å². The summed E-state index contributed by atoms with van der Waals surface area (Å²) in [4.78, 5) is 14.7. The van der Waals surface area contributed by atoms with Crippen molar-refractivity contribution in [2.24, 2.45) is 0 Å². The average Bonchev–Trinajstić information content (AvgIpc) is 3.26. The lowest BCUT2D eigenvalue weighted by Crippen LogP contribution is -2.34. The molecule has 0 saturated carbocycles. The molecule has 0 radical (unpaired) electrons. The van der Waals surface area contributed by atoms with Crippen LogP contribution in [0.15, 0.2) is 42.0 Å². The molecule has 146 valence electrons. The molecule has 2 aromatic carbocycles. The summed E-state index contributed by atoms with van der Waals surface area (Å²) in [6.45, 7) is 3.37. The van der Waals surface area contributed by atoms with E-state index >= 15 is 0 Å². The van der Waals surface area contributed by atoms with Crippen molar-refractivity contribution >= 4 is 27.9 Å². The van der Waals surface area contributed by atoms with Crippen molar-refractivity contribution in [3.05, 3.63) is 47.5 Å². The van der Waals surface area contributed by atoms with Crippen LogP contribution in [0.4, 0.5) is 5.69 Å². The predicted octanol–water partition coefficient (Wildman–Crippen LogP) is 2.21. The molecule has 28 heavy (non-hydrogen) atoms. The maximum absolute atomic E-state index is 12.3. The topological polar surface area (TPSA) is 96.6 Å². The van der Waals surface area contributed by atoms with Crippen LogP contribution < -0.4 is 10.2 Å². The number of nitriles is 1. The summed E-state index contributed by atoms with van der Waals surface area (Å²) in [5.74, 6) is -0.558. The van der Waals surface area contributed by atoms with E-state index in [2.05, 4.69) is 28.4 Å². The minimum absolute atomic E-state index is 0.00169. The Balaban J connectivity index is 1.86. The maximum Gasteiger partial charge on any atom is 0.262 e. The van der Waals surface area contributed by atoms with E-state index in [0.29, 0.717) is 5.57 Å². The molecule has 1 aliphatic rings. The highest BCUT2D eigenvalue weighted by molar-refractivity contribution is 6.05. The number of rotatable bonds is 6. The number of aliphatic hydroxyl groups excluding tert-OH is 2. The summed E-state index contributed by atoms with van der Waals surface area (Å²) < 4.78 is 0. The number of carbonyl (C=O) groups is 1. The van der Waals surface area contributed by atoms with Gasteiger partial charge in [-0.2, -0.15) is 5.26 Å². The molecule has 1 fully saturated rings. The molecular weight excluding hydrogens is 354 g/mol. The fourth-order valence-corrected chi connectivity index (χ4v) is 3.45. The van der Waals surface area contributed by atoms with E-state index in [1.807, 2.05) is 24.3 Å². The van der Waals surface area contributed by atoms with Gasteiger partial charge < -0.3 is 20.4 Å². The molecule has 1 heterocycles. The van der Waals surface area contributed by atoms with Crippen molar-refractivity contribution < 1.29 is 15.0 Å². The number of allylic oxidation sites excluding steroid dienone is 1. The monoisotopic (exact) mass is 379 g/mol. The quantitative estimate of drug-likeness (QED) is 0.528. The molecule has 1 atom stereocenters. The van der Waals surface area contributed by atoms with Crippen molar-refractivity contribution in [3.63, 3.8) is 0 Å². The molecule has 6 nitrogen and oxygen atoms in total. The number of fused-ring (bicyclic) bond motifs is 1. The maximum atomic E-state index is 12.3. The number of amides is 1. The van der Waals surface area contributed by atoms with E-state index in [-0.39, 0.29) is 12.1 Å². The molecule has 3 rings (SSSR count). The normalized spacial score (nSPS) is 15.9. The summed E-state index contributed by atoms with van der Waals surface area (Å²) >= 11 is 0. The van der Waals surface area contributed by atoms with Crippen LogP contribution in [0.5, 0.6) is 0 Å². The number of aliphatic hydroxyl groups is 2. The van der Waals surface area contributed by atoms with Crippen LogP contribution in [0.25, 0.3) is 16.3 Å². The molecule has 1 unspecified atom stereocenters. The molecule has 1 amide bonds. The highest BCUT2D eigenvalue weighted by atomic mass is 16.3. The third kappa shape index (κ3) is 4.33. The Kier molecular flexibility index (Phi) is 6.30. The third-order valence-electron chi connectivity index (χ3n) is 5.15. The van der Waals surface area contributed by atoms with Gasteiger partial charge in [0.2, 0.25) is 0 Å². The smallest absolute Gasteiger partial charge is 0.262 e. The summed E-state index contributed by atoms with van der Waals surface area (Å²) in [6, 6.07) is 14.2. The van der Waals surface area contributed by atoms with Gasteiger partial charge in [0.1, 0.15) is 11.6 Å². The molecule has 0 spiro atoms. The van der Waals surface area contributed by atoms with Gasteiger partial charge in [0.25, 0.3) is 5.91 Å². The number of nitrogens with one attached hydrogen (secondary N) is 1. The first-order valence-corrected chi connectivity index (χ1v) is 9.50. The van der Waals surface area contributed by atoms with Crippen LogP contribution >= 0.6 is 0 Å². The fraction of sp³-hybridized carbons (Fsp3) is 0.364. The molecule has 1 saturated heterocycles. The highest BCUT2D eigenvalue weighted by Gasteiger charge is 2.16. The number of nitrogens with zero attached hydrogens (tertiary/aromatic N) is 2. The Labute approximate surface area is 164 Å². The van der Waals surface area contributed by atoms with Crippen LogP contribution in [0.1, 0.15) is 25.3 Å². The van der Waals surface area contributed by atoms with Gasteiger partial charge in [-0.3, -0.25) is 4.79 Å². The van der Waals surface area contributed by atoms with E-state index in [1.165, 1.54) is 18.5 Å². The molecule has 3 N–H and O–H groups in total. The van der Waals surface area contributed by atoms with Gasteiger partial charge in [-0.15, -0.1) is 0 Å². The van der Waals surface area contributed by atoms with Gasteiger partial charge in [-0.05, 0) is 59.9 Å². The SMILES string of the molecule is C/C(=C(/C#N)C(=O)NCC(O)CO)c1ccc2cc(N3CCCC3)ccc2c1. The molecule has 6 heteroatoms. The number of benzene rings is 2. The number of carbonyl (C=O) groups excluding carboxylic acids is 1. The number of anilines is 1. The average molecular weight is 379 g/mol. The summed E-state index contributed by atoms with van der Waals surface area (Å²) in [6.07, 6.45) is 1.42. The van der Waals surface area contributed by atoms with Crippen molar-refractivity contribution in [1.82, 2.24) is 5.32 Å². The first-order valence-electron chi connectivity index (χ1n) is 9.50. The van der Waals surface area contributed by atoms with Crippen LogP contribution in [0, 0.1) is 11.3 Å². The second kappa shape index (κ2) is 8.87. The molecule has 0 aliphatic carbocycles. The van der Waals surface area contributed by atoms with E-state index < -0.39 is 18.6 Å². The minimum atomic E-state index is -1.05. The summed E-state index contributed by atoms with van der Waals surface area (Å²) in [5, 5.41) is 32.3. The van der Waals surface area contributed by atoms with Crippen LogP contribution in [0.3, 0.4) is 0 Å². The lowest BCUT2D eigenvalue weighted by molar-refractivity contribution is -0.117. The van der Waals surface area contributed by atoms with Gasteiger partial charge in [0.15, 0.2) is 0 Å². The zero-order valence-corrected chi connectivity index (χ0v) is 16.0. The zero-order chi connectivity index (χ0) is 20.1. The van der Waals surface area contributed by atoms with Gasteiger partial charge in [-0.1, -0.05) is 18.2 Å². The first kappa shape index (κ1) is 19.9. The van der Waals surface area contributed by atoms with E-state index in [1.54, 1.807) is 6.92 Å². The Morgan fingerprint density at radius 3 is 2.57 bits per heavy atom. The Morgan fingerprint density at radius 1 is 1.21 bits per heavy atom. The Bertz CT molecular complexity index is 940. The van der Waals surface area contributed by atoms with Gasteiger partial charge in [0, 0.05) is 25.3 Å². The molecule has 1 aliphatic heterocycles. The molecule has 0 bridgehead atoms. The second-order valence-electron chi connectivity index (χ2n) is 7.10. The lowest BCUT2D eigenvalue weighted by atomic mass is 9.98. The Morgan fingerprint density at radius 2 is 1.89 bits per heavy atom. The van der Waals surface area contributed by atoms with E-state index in [0.717, 1.165) is 29.4 Å². The summed E-state index contributed by atoms with van der Waals surface area (Å²) in [7, 11) is 0. The second-order valence-corrected chi connectivity index (χ2v) is 7.10. The van der Waals surface area contributed by atoms with Crippen molar-refractivity contribution in [1.29, 1.82) is 5.26 Å². The third-order valence-corrected chi connectivity index (χ3v) is 5.15. The minimum Gasteiger partial charge on any atom is -0.394 e. The summed E-state index contributed by atoms with van der Waals surface area (Å²) in [5.41, 5.74) is 2.60. The highest BCUT2D eigenvalue weighted by Crippen LogP contribution is 2.28. The van der Waals surface area contributed by atoms with Gasteiger partial charge in [-0.25, -0.2) is 0 Å². The van der Waals surface area contributed by atoms with E-state index in [4.69, 9.17) is 5.11 Å².